The first-order valence-corrected chi connectivity index (χ1v) is 4.36. The van der Waals surface area contributed by atoms with Gasteiger partial charge in [0.1, 0.15) is 17.6 Å². The molecule has 0 bridgehead atoms. The number of phenols is 1. The summed E-state index contributed by atoms with van der Waals surface area (Å²) in [4.78, 5) is 10.5. The Hall–Kier alpha value is -2.36. The topological polar surface area (TPSA) is 90.6 Å². The molecule has 5 nitrogen and oxygen atoms in total. The Bertz CT molecular complexity index is 482. The van der Waals surface area contributed by atoms with Crippen LogP contribution >= 0.6 is 0 Å². The van der Waals surface area contributed by atoms with Gasteiger partial charge in [-0.1, -0.05) is 0 Å². The molecule has 2 N–H and O–H groups in total. The van der Waals surface area contributed by atoms with Gasteiger partial charge in [-0.25, -0.2) is 0 Å². The number of hydrogen-bond acceptors (Lipinski definition) is 4. The molecule has 0 unspecified atom stereocenters. The average molecular weight is 243 g/mol. The van der Waals surface area contributed by atoms with Gasteiger partial charge in [-0.3, -0.25) is 4.79 Å². The lowest BCUT2D eigenvalue weighted by Gasteiger charge is -2.10. The minimum atomic E-state index is -3.17. The van der Waals surface area contributed by atoms with Crippen LogP contribution in [-0.2, 0) is 11.2 Å². The molecule has 0 aromatic heterocycles. The molecular formula is C10H7F2NO4. The highest BCUT2D eigenvalue weighted by Gasteiger charge is 2.17. The Morgan fingerprint density at radius 2 is 2.18 bits per heavy atom. The van der Waals surface area contributed by atoms with Crippen molar-refractivity contribution in [3.63, 3.8) is 0 Å². The first kappa shape index (κ1) is 12.7. The molecule has 7 heteroatoms. The number of phenolic OH excluding ortho intramolecular Hbond substituents is 1. The summed E-state index contributed by atoms with van der Waals surface area (Å²) in [5.41, 5.74) is -0.416. The van der Waals surface area contributed by atoms with Crippen LogP contribution in [0.3, 0.4) is 0 Å². The van der Waals surface area contributed by atoms with Gasteiger partial charge in [0.05, 0.1) is 12.0 Å². The zero-order valence-corrected chi connectivity index (χ0v) is 8.35. The molecule has 0 radical (unpaired) electrons. The first-order valence-electron chi connectivity index (χ1n) is 4.36. The van der Waals surface area contributed by atoms with E-state index in [9.17, 15) is 18.7 Å². The van der Waals surface area contributed by atoms with Crippen LogP contribution in [0.25, 0.3) is 0 Å². The van der Waals surface area contributed by atoms with Crippen molar-refractivity contribution in [2.45, 2.75) is 13.0 Å². The summed E-state index contributed by atoms with van der Waals surface area (Å²) in [6, 6.07) is 3.42. The van der Waals surface area contributed by atoms with E-state index >= 15 is 0 Å². The van der Waals surface area contributed by atoms with Gasteiger partial charge in [-0.05, 0) is 11.6 Å². The Morgan fingerprint density at radius 1 is 1.53 bits per heavy atom. The third-order valence-electron chi connectivity index (χ3n) is 1.84. The van der Waals surface area contributed by atoms with E-state index in [1.54, 1.807) is 6.07 Å². The number of aromatic hydroxyl groups is 1. The van der Waals surface area contributed by atoms with Gasteiger partial charge < -0.3 is 14.9 Å². The number of carboxylic acid groups (broad SMARTS) is 1. The van der Waals surface area contributed by atoms with E-state index in [0.29, 0.717) is 0 Å². The zero-order valence-electron chi connectivity index (χ0n) is 8.35. The van der Waals surface area contributed by atoms with Gasteiger partial charge in [-0.2, -0.15) is 14.0 Å². The first-order chi connectivity index (χ1) is 7.93. The van der Waals surface area contributed by atoms with Gasteiger partial charge in [-0.15, -0.1) is 0 Å². The molecule has 0 fully saturated rings. The maximum absolute atomic E-state index is 12.0. The summed E-state index contributed by atoms with van der Waals surface area (Å²) in [7, 11) is 0. The van der Waals surface area contributed by atoms with Crippen molar-refractivity contribution < 1.29 is 28.5 Å². The van der Waals surface area contributed by atoms with E-state index in [1.807, 2.05) is 0 Å². The molecule has 0 aliphatic heterocycles. The predicted octanol–water partition coefficient (Wildman–Crippen LogP) is 1.49. The molecule has 0 atom stereocenters. The van der Waals surface area contributed by atoms with Crippen LogP contribution in [0, 0.1) is 11.3 Å². The predicted molar refractivity (Wildman–Crippen MR) is 50.8 cm³/mol. The number of benzene rings is 1. The number of carboxylic acids is 1. The van der Waals surface area contributed by atoms with Gasteiger partial charge in [0.2, 0.25) is 0 Å². The standard InChI is InChI=1S/C10H7F2NO4/c11-10(12)17-8-3-6(14)1-5(2-9(15)16)7(8)4-13/h1,3,10,14H,2H2,(H,15,16). The number of carbonyl (C=O) groups is 1. The molecule has 0 aliphatic rings. The Labute approximate surface area is 94.5 Å². The number of halogens is 2. The molecule has 0 amide bonds. The highest BCUT2D eigenvalue weighted by Crippen LogP contribution is 2.29. The van der Waals surface area contributed by atoms with Crippen molar-refractivity contribution in [1.82, 2.24) is 0 Å². The molecule has 90 valence electrons. The third-order valence-corrected chi connectivity index (χ3v) is 1.84. The maximum Gasteiger partial charge on any atom is 0.387 e. The van der Waals surface area contributed by atoms with Crippen molar-refractivity contribution in [2.75, 3.05) is 0 Å². The van der Waals surface area contributed by atoms with Crippen LogP contribution in [-0.4, -0.2) is 22.8 Å². The molecule has 1 rings (SSSR count). The molecule has 0 heterocycles. The molecule has 1 aromatic carbocycles. The summed E-state index contributed by atoms with van der Waals surface area (Å²) < 4.78 is 28.1. The van der Waals surface area contributed by atoms with Crippen LogP contribution in [0.15, 0.2) is 12.1 Å². The quantitative estimate of drug-likeness (QED) is 0.836. The second-order valence-corrected chi connectivity index (χ2v) is 3.04. The van der Waals surface area contributed by atoms with E-state index in [-0.39, 0.29) is 11.1 Å². The number of ether oxygens (including phenoxy) is 1. The van der Waals surface area contributed by atoms with Crippen LogP contribution in [0.1, 0.15) is 11.1 Å². The van der Waals surface area contributed by atoms with E-state index in [1.165, 1.54) is 0 Å². The summed E-state index contributed by atoms with van der Waals surface area (Å²) in [5.74, 6) is -2.25. The largest absolute Gasteiger partial charge is 0.508 e. The maximum atomic E-state index is 12.0. The number of hydrogen-bond donors (Lipinski definition) is 2. The normalized spacial score (nSPS) is 10.0. The van der Waals surface area contributed by atoms with Crippen molar-refractivity contribution in [2.24, 2.45) is 0 Å². The van der Waals surface area contributed by atoms with Crippen LogP contribution in [0.4, 0.5) is 8.78 Å². The number of nitriles is 1. The molecule has 0 saturated carbocycles. The molecule has 0 aliphatic carbocycles. The van der Waals surface area contributed by atoms with E-state index in [4.69, 9.17) is 10.4 Å². The molecule has 0 spiro atoms. The molecule has 1 aromatic rings. The van der Waals surface area contributed by atoms with Gasteiger partial charge >= 0.3 is 12.6 Å². The number of rotatable bonds is 4. The zero-order chi connectivity index (χ0) is 13.0. The number of nitrogens with zero attached hydrogens (tertiary/aromatic N) is 1. The van der Waals surface area contributed by atoms with Gasteiger partial charge in [0.25, 0.3) is 0 Å². The lowest BCUT2D eigenvalue weighted by molar-refractivity contribution is -0.136. The second kappa shape index (κ2) is 5.12. The lowest BCUT2D eigenvalue weighted by Crippen LogP contribution is -2.07. The second-order valence-electron chi connectivity index (χ2n) is 3.04. The minimum Gasteiger partial charge on any atom is -0.508 e. The molecular weight excluding hydrogens is 236 g/mol. The fourth-order valence-corrected chi connectivity index (χ4v) is 1.28. The van der Waals surface area contributed by atoms with Crippen molar-refractivity contribution in [3.8, 4) is 17.6 Å². The summed E-state index contributed by atoms with van der Waals surface area (Å²) in [5, 5.41) is 26.5. The average Bonchev–Trinajstić information content (AvgIpc) is 2.14. The Kier molecular flexibility index (Phi) is 3.82. The highest BCUT2D eigenvalue weighted by atomic mass is 19.3. The monoisotopic (exact) mass is 243 g/mol. The Balaban J connectivity index is 3.25. The third kappa shape index (κ3) is 3.31. The van der Waals surface area contributed by atoms with Crippen LogP contribution in [0.5, 0.6) is 11.5 Å². The minimum absolute atomic E-state index is 0.0874. The van der Waals surface area contributed by atoms with Gasteiger partial charge in [0, 0.05) is 6.07 Å². The lowest BCUT2D eigenvalue weighted by atomic mass is 10.0. The van der Waals surface area contributed by atoms with Crippen molar-refractivity contribution in [1.29, 1.82) is 5.26 Å². The highest BCUT2D eigenvalue weighted by molar-refractivity contribution is 5.72. The molecule has 17 heavy (non-hydrogen) atoms. The number of alkyl halides is 2. The van der Waals surface area contributed by atoms with Crippen LogP contribution < -0.4 is 4.74 Å². The van der Waals surface area contributed by atoms with E-state index in [0.717, 1.165) is 12.1 Å². The smallest absolute Gasteiger partial charge is 0.387 e. The Morgan fingerprint density at radius 3 is 2.65 bits per heavy atom. The van der Waals surface area contributed by atoms with E-state index in [2.05, 4.69) is 4.74 Å². The van der Waals surface area contributed by atoms with Crippen LogP contribution in [0.2, 0.25) is 0 Å². The van der Waals surface area contributed by atoms with Crippen molar-refractivity contribution >= 4 is 5.97 Å². The fraction of sp³-hybridized carbons (Fsp3) is 0.200. The SMILES string of the molecule is N#Cc1c(CC(=O)O)cc(O)cc1OC(F)F. The summed E-state index contributed by atoms with van der Waals surface area (Å²) in [6.07, 6.45) is -0.573. The summed E-state index contributed by atoms with van der Waals surface area (Å²) >= 11 is 0. The molecule has 0 saturated heterocycles. The fourth-order valence-electron chi connectivity index (χ4n) is 1.28. The van der Waals surface area contributed by atoms with E-state index < -0.39 is 30.5 Å². The van der Waals surface area contributed by atoms with Gasteiger partial charge in [0.15, 0.2) is 0 Å². The number of aliphatic carboxylic acids is 1. The van der Waals surface area contributed by atoms with Crippen molar-refractivity contribution in [3.05, 3.63) is 23.3 Å². The summed E-state index contributed by atoms with van der Waals surface area (Å²) in [6.45, 7) is -3.17.